The fourth-order valence-electron chi connectivity index (χ4n) is 2.96. The van der Waals surface area contributed by atoms with E-state index in [2.05, 4.69) is 10.3 Å². The lowest BCUT2D eigenvalue weighted by Gasteiger charge is -2.30. The zero-order valence-electron chi connectivity index (χ0n) is 13.4. The van der Waals surface area contributed by atoms with Crippen LogP contribution in [0.3, 0.4) is 0 Å². The molecule has 3 rings (SSSR count). The SMILES string of the molecule is CNC(=O)C1CCN(C(=O)/C=C/c2c(Cl)nc3ccccn23)CC1. The molecule has 2 aromatic heterocycles. The summed E-state index contributed by atoms with van der Waals surface area (Å²) in [6.45, 7) is 1.17. The van der Waals surface area contributed by atoms with Crippen molar-refractivity contribution >= 4 is 35.1 Å². The topological polar surface area (TPSA) is 66.7 Å². The van der Waals surface area contributed by atoms with Gasteiger partial charge >= 0.3 is 0 Å². The smallest absolute Gasteiger partial charge is 0.246 e. The first-order chi connectivity index (χ1) is 11.6. The van der Waals surface area contributed by atoms with Gasteiger partial charge in [-0.1, -0.05) is 17.7 Å². The third kappa shape index (κ3) is 3.28. The van der Waals surface area contributed by atoms with Crippen molar-refractivity contribution in [3.63, 3.8) is 0 Å². The highest BCUT2D eigenvalue weighted by molar-refractivity contribution is 6.31. The second-order valence-corrected chi connectivity index (χ2v) is 6.12. The highest BCUT2D eigenvalue weighted by atomic mass is 35.5. The lowest BCUT2D eigenvalue weighted by Crippen LogP contribution is -2.41. The summed E-state index contributed by atoms with van der Waals surface area (Å²) in [6, 6.07) is 5.62. The molecule has 0 aliphatic carbocycles. The summed E-state index contributed by atoms with van der Waals surface area (Å²) >= 11 is 6.15. The molecule has 3 heterocycles. The molecule has 2 aromatic rings. The minimum atomic E-state index is -0.0766. The molecule has 2 amide bonds. The maximum absolute atomic E-state index is 12.4. The standard InChI is InChI=1S/C17H19ClN4O2/c1-19-17(24)12-7-10-21(11-8-12)15(23)6-5-13-16(18)20-14-4-2-3-9-22(13)14/h2-6,9,12H,7-8,10-11H2,1H3,(H,19,24)/b6-5+. The van der Waals surface area contributed by atoms with Crippen LogP contribution in [0.5, 0.6) is 0 Å². The quantitative estimate of drug-likeness (QED) is 0.864. The molecule has 0 spiro atoms. The van der Waals surface area contributed by atoms with Crippen LogP contribution in [0.25, 0.3) is 11.7 Å². The van der Waals surface area contributed by atoms with Crippen molar-refractivity contribution in [2.45, 2.75) is 12.8 Å². The number of amides is 2. The van der Waals surface area contributed by atoms with Crippen LogP contribution in [0.1, 0.15) is 18.5 Å². The Morgan fingerprint density at radius 1 is 1.33 bits per heavy atom. The molecule has 0 bridgehead atoms. The molecular formula is C17H19ClN4O2. The molecule has 7 heteroatoms. The Bertz CT molecular complexity index is 791. The molecule has 0 saturated carbocycles. The number of imidazole rings is 1. The van der Waals surface area contributed by atoms with E-state index in [1.807, 2.05) is 28.8 Å². The van der Waals surface area contributed by atoms with Gasteiger partial charge in [0.15, 0.2) is 5.15 Å². The Balaban J connectivity index is 1.68. The van der Waals surface area contributed by atoms with E-state index in [9.17, 15) is 9.59 Å². The molecule has 6 nitrogen and oxygen atoms in total. The summed E-state index contributed by atoms with van der Waals surface area (Å²) in [6.07, 6.45) is 6.44. The summed E-state index contributed by atoms with van der Waals surface area (Å²) in [7, 11) is 1.64. The van der Waals surface area contributed by atoms with Crippen LogP contribution in [0.4, 0.5) is 0 Å². The number of piperidine rings is 1. The number of rotatable bonds is 3. The third-order valence-corrected chi connectivity index (χ3v) is 4.61. The van der Waals surface area contributed by atoms with Gasteiger partial charge in [-0.2, -0.15) is 0 Å². The van der Waals surface area contributed by atoms with Crippen molar-refractivity contribution in [1.29, 1.82) is 0 Å². The molecule has 0 radical (unpaired) electrons. The molecule has 0 aromatic carbocycles. The number of halogens is 1. The van der Waals surface area contributed by atoms with Crippen molar-refractivity contribution in [2.75, 3.05) is 20.1 Å². The van der Waals surface area contributed by atoms with Crippen LogP contribution in [-0.2, 0) is 9.59 Å². The maximum Gasteiger partial charge on any atom is 0.246 e. The molecule has 24 heavy (non-hydrogen) atoms. The predicted molar refractivity (Wildman–Crippen MR) is 92.6 cm³/mol. The molecule has 1 aliphatic heterocycles. The minimum absolute atomic E-state index is 0.00348. The van der Waals surface area contributed by atoms with E-state index < -0.39 is 0 Å². The summed E-state index contributed by atoms with van der Waals surface area (Å²) in [5, 5.41) is 3.03. The van der Waals surface area contributed by atoms with E-state index >= 15 is 0 Å². The first kappa shape index (κ1) is 16.5. The molecule has 0 atom stereocenters. The molecular weight excluding hydrogens is 328 g/mol. The van der Waals surface area contributed by atoms with Crippen molar-refractivity contribution < 1.29 is 9.59 Å². The van der Waals surface area contributed by atoms with Gasteiger partial charge in [0.2, 0.25) is 11.8 Å². The van der Waals surface area contributed by atoms with E-state index in [0.717, 1.165) is 5.65 Å². The Labute approximate surface area is 145 Å². The number of pyridine rings is 1. The number of likely N-dealkylation sites (tertiary alicyclic amines) is 1. The lowest BCUT2D eigenvalue weighted by molar-refractivity contribution is -0.131. The highest BCUT2D eigenvalue weighted by Crippen LogP contribution is 2.20. The second-order valence-electron chi connectivity index (χ2n) is 5.76. The van der Waals surface area contributed by atoms with E-state index in [1.165, 1.54) is 6.08 Å². The van der Waals surface area contributed by atoms with Gasteiger partial charge in [-0.25, -0.2) is 4.98 Å². The number of fused-ring (bicyclic) bond motifs is 1. The van der Waals surface area contributed by atoms with Gasteiger partial charge in [0.1, 0.15) is 5.65 Å². The summed E-state index contributed by atoms with van der Waals surface area (Å²) in [4.78, 5) is 30.0. The van der Waals surface area contributed by atoms with Gasteiger partial charge < -0.3 is 10.2 Å². The van der Waals surface area contributed by atoms with Crippen molar-refractivity contribution in [2.24, 2.45) is 5.92 Å². The number of nitrogens with one attached hydrogen (secondary N) is 1. The van der Waals surface area contributed by atoms with Gasteiger partial charge in [-0.15, -0.1) is 0 Å². The van der Waals surface area contributed by atoms with Gasteiger partial charge in [0, 0.05) is 38.3 Å². The molecule has 1 N–H and O–H groups in total. The van der Waals surface area contributed by atoms with Crippen molar-refractivity contribution in [3.8, 4) is 0 Å². The summed E-state index contributed by atoms with van der Waals surface area (Å²) < 4.78 is 1.84. The first-order valence-corrected chi connectivity index (χ1v) is 8.29. The van der Waals surface area contributed by atoms with E-state index in [-0.39, 0.29) is 17.7 Å². The number of aromatic nitrogens is 2. The Morgan fingerprint density at radius 3 is 2.79 bits per heavy atom. The van der Waals surface area contributed by atoms with Crippen LogP contribution >= 0.6 is 11.6 Å². The molecule has 1 saturated heterocycles. The average molecular weight is 347 g/mol. The van der Waals surface area contributed by atoms with Crippen LogP contribution in [0.2, 0.25) is 5.15 Å². The average Bonchev–Trinajstić information content (AvgIpc) is 2.94. The third-order valence-electron chi connectivity index (χ3n) is 4.33. The largest absolute Gasteiger partial charge is 0.359 e. The Morgan fingerprint density at radius 2 is 2.08 bits per heavy atom. The van der Waals surface area contributed by atoms with Crippen LogP contribution in [-0.4, -0.2) is 46.2 Å². The number of carbonyl (C=O) groups is 2. The van der Waals surface area contributed by atoms with Gasteiger partial charge in [-0.05, 0) is 31.1 Å². The van der Waals surface area contributed by atoms with E-state index in [4.69, 9.17) is 11.6 Å². The Kier molecular flexibility index (Phi) is 4.85. The summed E-state index contributed by atoms with van der Waals surface area (Å²) in [5.41, 5.74) is 1.42. The maximum atomic E-state index is 12.4. The lowest BCUT2D eigenvalue weighted by atomic mass is 9.96. The fraction of sp³-hybridized carbons (Fsp3) is 0.353. The van der Waals surface area contributed by atoms with Crippen LogP contribution < -0.4 is 5.32 Å². The number of hydrogen-bond acceptors (Lipinski definition) is 3. The minimum Gasteiger partial charge on any atom is -0.359 e. The van der Waals surface area contributed by atoms with Crippen molar-refractivity contribution in [1.82, 2.24) is 19.6 Å². The zero-order valence-corrected chi connectivity index (χ0v) is 14.2. The normalized spacial score (nSPS) is 16.0. The second kappa shape index (κ2) is 7.05. The number of nitrogens with zero attached hydrogens (tertiary/aromatic N) is 3. The van der Waals surface area contributed by atoms with Gasteiger partial charge in [0.05, 0.1) is 5.69 Å². The van der Waals surface area contributed by atoms with E-state index in [0.29, 0.717) is 36.8 Å². The zero-order chi connectivity index (χ0) is 17.1. The number of carbonyl (C=O) groups excluding carboxylic acids is 2. The molecule has 126 valence electrons. The molecule has 1 aliphatic rings. The fourth-order valence-corrected chi connectivity index (χ4v) is 3.20. The number of hydrogen-bond donors (Lipinski definition) is 1. The molecule has 0 unspecified atom stereocenters. The van der Waals surface area contributed by atoms with Crippen LogP contribution in [0.15, 0.2) is 30.5 Å². The van der Waals surface area contributed by atoms with E-state index in [1.54, 1.807) is 18.0 Å². The first-order valence-electron chi connectivity index (χ1n) is 7.91. The Hall–Kier alpha value is -2.34. The van der Waals surface area contributed by atoms with Gasteiger partial charge in [-0.3, -0.25) is 14.0 Å². The monoisotopic (exact) mass is 346 g/mol. The summed E-state index contributed by atoms with van der Waals surface area (Å²) in [5.74, 6) is -0.0290. The van der Waals surface area contributed by atoms with Crippen LogP contribution in [0, 0.1) is 5.92 Å². The molecule has 1 fully saturated rings. The highest BCUT2D eigenvalue weighted by Gasteiger charge is 2.25. The van der Waals surface area contributed by atoms with Gasteiger partial charge in [0.25, 0.3) is 0 Å². The predicted octanol–water partition coefficient (Wildman–Crippen LogP) is 1.99. The van der Waals surface area contributed by atoms with Crippen molar-refractivity contribution in [3.05, 3.63) is 41.3 Å².